The van der Waals surface area contributed by atoms with Crippen molar-refractivity contribution in [3.63, 3.8) is 0 Å². The Morgan fingerprint density at radius 1 is 1.30 bits per heavy atom. The monoisotopic (exact) mass is 145 g/mol. The molecule has 4 nitrogen and oxygen atoms in total. The maximum absolute atomic E-state index is 10.7. The molecule has 0 aliphatic carbocycles. The van der Waals surface area contributed by atoms with Gasteiger partial charge in [-0.05, 0) is 0 Å². The van der Waals surface area contributed by atoms with E-state index in [1.54, 1.807) is 14.1 Å². The van der Waals surface area contributed by atoms with E-state index >= 15 is 0 Å². The summed E-state index contributed by atoms with van der Waals surface area (Å²) in [5, 5.41) is 8.17. The van der Waals surface area contributed by atoms with Crippen LogP contribution < -0.4 is 0 Å². The summed E-state index contributed by atoms with van der Waals surface area (Å²) >= 11 is 0. The van der Waals surface area contributed by atoms with Crippen LogP contribution in [0.15, 0.2) is 0 Å². The second-order valence-electron chi connectivity index (χ2n) is 2.18. The van der Waals surface area contributed by atoms with Gasteiger partial charge < -0.3 is 10.0 Å². The van der Waals surface area contributed by atoms with Crippen LogP contribution in [0.4, 0.5) is 0 Å². The zero-order chi connectivity index (χ0) is 8.15. The van der Waals surface area contributed by atoms with Gasteiger partial charge in [0.25, 0.3) is 0 Å². The quantitative estimate of drug-likeness (QED) is 0.605. The molecule has 0 unspecified atom stereocenters. The molecule has 0 bridgehead atoms. The number of carbonyl (C=O) groups excluding carboxylic acids is 1. The van der Waals surface area contributed by atoms with Gasteiger partial charge in [-0.3, -0.25) is 9.59 Å². The molecule has 1 amide bonds. The predicted octanol–water partition coefficient (Wildman–Crippen LogP) is -0.0606. The van der Waals surface area contributed by atoms with Crippen LogP contribution in [0.5, 0.6) is 0 Å². The highest BCUT2D eigenvalue weighted by Crippen LogP contribution is 1.92. The first-order chi connectivity index (χ1) is 4.54. The minimum absolute atomic E-state index is 0.0856. The highest BCUT2D eigenvalue weighted by Gasteiger charge is 2.05. The number of nitrogens with zero attached hydrogens (tertiary/aromatic N) is 1. The van der Waals surface area contributed by atoms with Gasteiger partial charge in [0.2, 0.25) is 5.91 Å². The summed E-state index contributed by atoms with van der Waals surface area (Å²) in [5.74, 6) is -1.09. The number of hydrogen-bond acceptors (Lipinski definition) is 2. The Morgan fingerprint density at radius 2 is 1.80 bits per heavy atom. The molecule has 4 heteroatoms. The summed E-state index contributed by atoms with van der Waals surface area (Å²) in [6.45, 7) is 0. The molecular formula is C6H11NO3. The second-order valence-corrected chi connectivity index (χ2v) is 2.18. The summed E-state index contributed by atoms with van der Waals surface area (Å²) in [5.41, 5.74) is 0. The molecule has 0 aliphatic heterocycles. The van der Waals surface area contributed by atoms with E-state index in [1.807, 2.05) is 0 Å². The summed E-state index contributed by atoms with van der Waals surface area (Å²) < 4.78 is 0. The fraction of sp³-hybridized carbons (Fsp3) is 0.667. The molecular weight excluding hydrogens is 134 g/mol. The molecule has 1 N–H and O–H groups in total. The average molecular weight is 145 g/mol. The van der Waals surface area contributed by atoms with Crippen LogP contribution in [0.25, 0.3) is 0 Å². The lowest BCUT2D eigenvalue weighted by Gasteiger charge is -2.07. The van der Waals surface area contributed by atoms with E-state index in [0.717, 1.165) is 0 Å². The number of carboxylic acid groups (broad SMARTS) is 1. The molecule has 10 heavy (non-hydrogen) atoms. The molecule has 0 aromatic heterocycles. The van der Waals surface area contributed by atoms with Crippen molar-refractivity contribution in [1.29, 1.82) is 0 Å². The minimum atomic E-state index is -0.935. The van der Waals surface area contributed by atoms with Gasteiger partial charge in [0.1, 0.15) is 0 Å². The molecule has 0 aliphatic rings. The van der Waals surface area contributed by atoms with Crippen molar-refractivity contribution < 1.29 is 14.7 Å². The lowest BCUT2D eigenvalue weighted by Crippen LogP contribution is -2.22. The fourth-order valence-corrected chi connectivity index (χ4v) is 0.437. The molecule has 0 aromatic rings. The van der Waals surface area contributed by atoms with Crippen molar-refractivity contribution in [1.82, 2.24) is 4.90 Å². The second kappa shape index (κ2) is 3.87. The molecule has 0 saturated carbocycles. The Balaban J connectivity index is 3.50. The van der Waals surface area contributed by atoms with Gasteiger partial charge in [-0.25, -0.2) is 0 Å². The third-order valence-corrected chi connectivity index (χ3v) is 1.05. The molecule has 0 atom stereocenters. The number of amides is 1. The average Bonchev–Trinajstić information content (AvgIpc) is 1.82. The molecule has 0 fully saturated rings. The number of carbonyl (C=O) groups is 2. The lowest BCUT2D eigenvalue weighted by molar-refractivity contribution is -0.140. The van der Waals surface area contributed by atoms with Gasteiger partial charge in [-0.15, -0.1) is 0 Å². The van der Waals surface area contributed by atoms with Crippen molar-refractivity contribution in [3.05, 3.63) is 0 Å². The molecule has 0 aromatic carbocycles. The Labute approximate surface area is 59.4 Å². The summed E-state index contributed by atoms with van der Waals surface area (Å²) in [7, 11) is 3.20. The largest absolute Gasteiger partial charge is 0.481 e. The predicted molar refractivity (Wildman–Crippen MR) is 35.6 cm³/mol. The van der Waals surface area contributed by atoms with Crippen molar-refractivity contribution in [3.8, 4) is 0 Å². The summed E-state index contributed by atoms with van der Waals surface area (Å²) in [6, 6.07) is 0. The Hall–Kier alpha value is -1.06. The zero-order valence-corrected chi connectivity index (χ0v) is 6.13. The maximum Gasteiger partial charge on any atom is 0.303 e. The van der Waals surface area contributed by atoms with Gasteiger partial charge >= 0.3 is 5.97 Å². The smallest absolute Gasteiger partial charge is 0.303 e. The van der Waals surface area contributed by atoms with Crippen LogP contribution in [-0.2, 0) is 9.59 Å². The Bertz CT molecular complexity index is 142. The van der Waals surface area contributed by atoms with E-state index in [1.165, 1.54) is 4.90 Å². The van der Waals surface area contributed by atoms with Crippen LogP contribution in [-0.4, -0.2) is 36.0 Å². The van der Waals surface area contributed by atoms with Crippen LogP contribution in [0.2, 0.25) is 0 Å². The third-order valence-electron chi connectivity index (χ3n) is 1.05. The highest BCUT2D eigenvalue weighted by atomic mass is 16.4. The highest BCUT2D eigenvalue weighted by molar-refractivity contribution is 5.80. The number of rotatable bonds is 3. The van der Waals surface area contributed by atoms with Gasteiger partial charge in [0, 0.05) is 20.5 Å². The first kappa shape index (κ1) is 8.94. The first-order valence-electron chi connectivity index (χ1n) is 2.96. The Morgan fingerprint density at radius 3 is 2.10 bits per heavy atom. The minimum Gasteiger partial charge on any atom is -0.481 e. The van der Waals surface area contributed by atoms with Crippen molar-refractivity contribution in [2.24, 2.45) is 0 Å². The number of carboxylic acids is 1. The SMILES string of the molecule is CN(C)C(=O)CCC(=O)O. The molecule has 0 saturated heterocycles. The van der Waals surface area contributed by atoms with Crippen LogP contribution in [0, 0.1) is 0 Å². The molecule has 0 spiro atoms. The first-order valence-corrected chi connectivity index (χ1v) is 2.96. The molecule has 0 rings (SSSR count). The lowest BCUT2D eigenvalue weighted by atomic mass is 10.3. The molecule has 58 valence electrons. The van der Waals surface area contributed by atoms with Gasteiger partial charge in [-0.1, -0.05) is 0 Å². The fourth-order valence-electron chi connectivity index (χ4n) is 0.437. The third kappa shape index (κ3) is 3.88. The Kier molecular flexibility index (Phi) is 3.46. The van der Waals surface area contributed by atoms with E-state index in [0.29, 0.717) is 0 Å². The van der Waals surface area contributed by atoms with Crippen LogP contribution in [0.3, 0.4) is 0 Å². The number of aliphatic carboxylic acids is 1. The van der Waals surface area contributed by atoms with Gasteiger partial charge in [0.15, 0.2) is 0 Å². The summed E-state index contributed by atoms with van der Waals surface area (Å²) in [6.07, 6.45) is -0.000648. The van der Waals surface area contributed by atoms with Crippen molar-refractivity contribution >= 4 is 11.9 Å². The zero-order valence-electron chi connectivity index (χ0n) is 6.13. The van der Waals surface area contributed by atoms with Gasteiger partial charge in [0.05, 0.1) is 6.42 Å². The van der Waals surface area contributed by atoms with Crippen LogP contribution in [0.1, 0.15) is 12.8 Å². The molecule has 0 heterocycles. The van der Waals surface area contributed by atoms with Crippen LogP contribution >= 0.6 is 0 Å². The topological polar surface area (TPSA) is 57.6 Å². The van der Waals surface area contributed by atoms with Crippen molar-refractivity contribution in [2.45, 2.75) is 12.8 Å². The standard InChI is InChI=1S/C6H11NO3/c1-7(2)5(8)3-4-6(9)10/h3-4H2,1-2H3,(H,9,10). The summed E-state index contributed by atoms with van der Waals surface area (Å²) in [4.78, 5) is 22.0. The molecule has 0 radical (unpaired) electrons. The van der Waals surface area contributed by atoms with E-state index in [4.69, 9.17) is 5.11 Å². The number of hydrogen-bond donors (Lipinski definition) is 1. The normalized spacial score (nSPS) is 9.00. The van der Waals surface area contributed by atoms with E-state index in [9.17, 15) is 9.59 Å². The maximum atomic E-state index is 10.7. The van der Waals surface area contributed by atoms with E-state index < -0.39 is 5.97 Å². The van der Waals surface area contributed by atoms with E-state index in [2.05, 4.69) is 0 Å². The van der Waals surface area contributed by atoms with E-state index in [-0.39, 0.29) is 18.7 Å². The van der Waals surface area contributed by atoms with Crippen molar-refractivity contribution in [2.75, 3.05) is 14.1 Å². The van der Waals surface area contributed by atoms with Gasteiger partial charge in [-0.2, -0.15) is 0 Å².